The average molecular weight is 316 g/mol. The molecule has 1 rings (SSSR count). The zero-order valence-corrected chi connectivity index (χ0v) is 12.4. The van der Waals surface area contributed by atoms with E-state index in [1.54, 1.807) is 25.2 Å². The molecule has 1 heterocycles. The summed E-state index contributed by atoms with van der Waals surface area (Å²) in [6.07, 6.45) is 2.51. The number of aromatic nitrogens is 2. The SMILES string of the molecule is CCCN(CC(=O)N(C)C)c1nc(N)ncc1Br. The summed E-state index contributed by atoms with van der Waals surface area (Å²) in [4.78, 5) is 23.3. The highest BCUT2D eigenvalue weighted by molar-refractivity contribution is 9.10. The number of carbonyl (C=O) groups excluding carboxylic acids is 1. The minimum absolute atomic E-state index is 0.0209. The van der Waals surface area contributed by atoms with Crippen LogP contribution in [0.5, 0.6) is 0 Å². The molecule has 0 aromatic carbocycles. The van der Waals surface area contributed by atoms with Gasteiger partial charge in [-0.05, 0) is 22.4 Å². The van der Waals surface area contributed by atoms with Crippen LogP contribution in [-0.4, -0.2) is 48.0 Å². The maximum Gasteiger partial charge on any atom is 0.241 e. The van der Waals surface area contributed by atoms with Gasteiger partial charge in [-0.3, -0.25) is 4.79 Å². The van der Waals surface area contributed by atoms with Gasteiger partial charge >= 0.3 is 0 Å². The van der Waals surface area contributed by atoms with E-state index in [-0.39, 0.29) is 18.4 Å². The lowest BCUT2D eigenvalue weighted by molar-refractivity contribution is -0.127. The Bertz CT molecular complexity index is 424. The summed E-state index contributed by atoms with van der Waals surface area (Å²) in [5.41, 5.74) is 5.59. The first-order valence-corrected chi connectivity index (χ1v) is 6.48. The van der Waals surface area contributed by atoms with Gasteiger partial charge in [-0.25, -0.2) is 4.98 Å². The summed E-state index contributed by atoms with van der Waals surface area (Å²) in [6.45, 7) is 3.05. The Labute approximate surface area is 115 Å². The molecule has 0 saturated carbocycles. The van der Waals surface area contributed by atoms with Gasteiger partial charge in [0.05, 0.1) is 11.0 Å². The van der Waals surface area contributed by atoms with Gasteiger partial charge in [0.2, 0.25) is 11.9 Å². The number of carbonyl (C=O) groups is 1. The first-order valence-electron chi connectivity index (χ1n) is 5.68. The molecule has 0 aliphatic carbocycles. The number of nitrogen functional groups attached to an aromatic ring is 1. The second-order valence-electron chi connectivity index (χ2n) is 4.11. The summed E-state index contributed by atoms with van der Waals surface area (Å²) in [6, 6.07) is 0. The van der Waals surface area contributed by atoms with Crippen LogP contribution in [0.15, 0.2) is 10.7 Å². The molecule has 18 heavy (non-hydrogen) atoms. The van der Waals surface area contributed by atoms with E-state index in [4.69, 9.17) is 5.73 Å². The smallest absolute Gasteiger partial charge is 0.241 e. The largest absolute Gasteiger partial charge is 0.368 e. The molecule has 0 unspecified atom stereocenters. The van der Waals surface area contributed by atoms with Gasteiger partial charge in [0.1, 0.15) is 5.82 Å². The summed E-state index contributed by atoms with van der Waals surface area (Å²) in [5, 5.41) is 0. The van der Waals surface area contributed by atoms with E-state index in [2.05, 4.69) is 25.9 Å². The highest BCUT2D eigenvalue weighted by Gasteiger charge is 2.16. The topological polar surface area (TPSA) is 75.4 Å². The molecule has 0 atom stereocenters. The summed E-state index contributed by atoms with van der Waals surface area (Å²) >= 11 is 3.38. The van der Waals surface area contributed by atoms with Crippen LogP contribution >= 0.6 is 15.9 Å². The molecule has 0 fully saturated rings. The fourth-order valence-electron chi connectivity index (χ4n) is 1.43. The standard InChI is InChI=1S/C11H18BrN5O/c1-4-5-17(7-9(18)16(2)3)10-8(12)6-14-11(13)15-10/h6H,4-5,7H2,1-3H3,(H2,13,14,15). The molecule has 1 amide bonds. The lowest BCUT2D eigenvalue weighted by Crippen LogP contribution is -2.37. The Morgan fingerprint density at radius 1 is 1.50 bits per heavy atom. The van der Waals surface area contributed by atoms with Crippen LogP contribution in [0.1, 0.15) is 13.3 Å². The number of nitrogens with two attached hydrogens (primary N) is 1. The van der Waals surface area contributed by atoms with Crippen molar-refractivity contribution in [3.05, 3.63) is 10.7 Å². The Kier molecular flexibility index (Phi) is 5.33. The van der Waals surface area contributed by atoms with Gasteiger partial charge in [-0.2, -0.15) is 4.98 Å². The molecule has 0 spiro atoms. The van der Waals surface area contributed by atoms with Crippen molar-refractivity contribution in [3.63, 3.8) is 0 Å². The van der Waals surface area contributed by atoms with Crippen molar-refractivity contribution in [3.8, 4) is 0 Å². The predicted octanol–water partition coefficient (Wildman–Crippen LogP) is 1.13. The Morgan fingerprint density at radius 3 is 2.72 bits per heavy atom. The summed E-state index contributed by atoms with van der Waals surface area (Å²) in [7, 11) is 3.46. The third-order valence-corrected chi connectivity index (χ3v) is 2.92. The van der Waals surface area contributed by atoms with Gasteiger partial charge in [-0.1, -0.05) is 6.92 Å². The van der Waals surface area contributed by atoms with Crippen molar-refractivity contribution in [2.75, 3.05) is 37.8 Å². The maximum absolute atomic E-state index is 11.8. The third kappa shape index (κ3) is 3.83. The fourth-order valence-corrected chi connectivity index (χ4v) is 1.87. The Morgan fingerprint density at radius 2 is 2.17 bits per heavy atom. The van der Waals surface area contributed by atoms with Crippen molar-refractivity contribution >= 4 is 33.6 Å². The third-order valence-electron chi connectivity index (χ3n) is 2.36. The number of hydrogen-bond acceptors (Lipinski definition) is 5. The minimum Gasteiger partial charge on any atom is -0.368 e. The monoisotopic (exact) mass is 315 g/mol. The summed E-state index contributed by atoms with van der Waals surface area (Å²) in [5.74, 6) is 0.874. The van der Waals surface area contributed by atoms with Gasteiger partial charge in [0.25, 0.3) is 0 Å². The summed E-state index contributed by atoms with van der Waals surface area (Å²) < 4.78 is 0.733. The molecule has 0 radical (unpaired) electrons. The highest BCUT2D eigenvalue weighted by Crippen LogP contribution is 2.23. The molecule has 1 aromatic rings. The van der Waals surface area contributed by atoms with Crippen LogP contribution in [0.3, 0.4) is 0 Å². The molecule has 1 aromatic heterocycles. The normalized spacial score (nSPS) is 10.2. The van der Waals surface area contributed by atoms with Gasteiger partial charge in [0.15, 0.2) is 0 Å². The molecular formula is C11H18BrN5O. The molecule has 0 aliphatic rings. The lowest BCUT2D eigenvalue weighted by atomic mass is 10.3. The first-order chi connectivity index (χ1) is 8.45. The Hall–Kier alpha value is -1.37. The molecule has 6 nitrogen and oxygen atoms in total. The van der Waals surface area contributed by atoms with Crippen molar-refractivity contribution in [1.29, 1.82) is 0 Å². The van der Waals surface area contributed by atoms with Crippen molar-refractivity contribution in [2.45, 2.75) is 13.3 Å². The van der Waals surface area contributed by atoms with Gasteiger partial charge < -0.3 is 15.5 Å². The quantitative estimate of drug-likeness (QED) is 0.881. The van der Waals surface area contributed by atoms with Crippen LogP contribution in [0.4, 0.5) is 11.8 Å². The highest BCUT2D eigenvalue weighted by atomic mass is 79.9. The molecular weight excluding hydrogens is 298 g/mol. The molecule has 7 heteroatoms. The van der Waals surface area contributed by atoms with E-state index >= 15 is 0 Å². The van der Waals surface area contributed by atoms with E-state index in [0.717, 1.165) is 17.4 Å². The number of likely N-dealkylation sites (N-methyl/N-ethyl adjacent to an activating group) is 1. The van der Waals surface area contributed by atoms with E-state index in [1.807, 2.05) is 11.8 Å². The average Bonchev–Trinajstić information content (AvgIpc) is 2.31. The van der Waals surface area contributed by atoms with E-state index in [9.17, 15) is 4.79 Å². The van der Waals surface area contributed by atoms with Gasteiger partial charge in [-0.15, -0.1) is 0 Å². The number of anilines is 2. The van der Waals surface area contributed by atoms with Crippen molar-refractivity contribution in [2.24, 2.45) is 0 Å². The van der Waals surface area contributed by atoms with Gasteiger partial charge in [0, 0.05) is 26.8 Å². The number of hydrogen-bond donors (Lipinski definition) is 1. The zero-order valence-electron chi connectivity index (χ0n) is 10.9. The maximum atomic E-state index is 11.8. The second kappa shape index (κ2) is 6.53. The molecule has 0 aliphatic heterocycles. The van der Waals surface area contributed by atoms with Crippen LogP contribution in [0.25, 0.3) is 0 Å². The second-order valence-corrected chi connectivity index (χ2v) is 4.96. The van der Waals surface area contributed by atoms with Crippen LogP contribution in [-0.2, 0) is 4.79 Å². The van der Waals surface area contributed by atoms with E-state index < -0.39 is 0 Å². The van der Waals surface area contributed by atoms with Crippen LogP contribution < -0.4 is 10.6 Å². The van der Waals surface area contributed by atoms with E-state index in [0.29, 0.717) is 5.82 Å². The first kappa shape index (κ1) is 14.7. The number of nitrogens with zero attached hydrogens (tertiary/aromatic N) is 4. The lowest BCUT2D eigenvalue weighted by Gasteiger charge is -2.25. The number of amides is 1. The Balaban J connectivity index is 2.96. The predicted molar refractivity (Wildman–Crippen MR) is 75.3 cm³/mol. The van der Waals surface area contributed by atoms with E-state index in [1.165, 1.54) is 0 Å². The van der Waals surface area contributed by atoms with Crippen LogP contribution in [0, 0.1) is 0 Å². The molecule has 0 bridgehead atoms. The van der Waals surface area contributed by atoms with Crippen molar-refractivity contribution in [1.82, 2.24) is 14.9 Å². The van der Waals surface area contributed by atoms with Crippen molar-refractivity contribution < 1.29 is 4.79 Å². The molecule has 2 N–H and O–H groups in total. The number of halogens is 1. The molecule has 100 valence electrons. The number of rotatable bonds is 5. The minimum atomic E-state index is 0.0209. The fraction of sp³-hybridized carbons (Fsp3) is 0.545. The zero-order chi connectivity index (χ0) is 13.7. The van der Waals surface area contributed by atoms with Crippen LogP contribution in [0.2, 0.25) is 0 Å². The molecule has 0 saturated heterocycles.